The van der Waals surface area contributed by atoms with E-state index in [1.54, 1.807) is 6.20 Å². The molecule has 0 saturated heterocycles. The molecule has 0 amide bonds. The summed E-state index contributed by atoms with van der Waals surface area (Å²) >= 11 is 6.10. The minimum Gasteiger partial charge on any atom is -0.439 e. The Bertz CT molecular complexity index is 626. The zero-order valence-corrected chi connectivity index (χ0v) is 13.7. The summed E-state index contributed by atoms with van der Waals surface area (Å²) in [6, 6.07) is 8.00. The van der Waals surface area contributed by atoms with Gasteiger partial charge in [-0.25, -0.2) is 4.98 Å². The van der Waals surface area contributed by atoms with Crippen LogP contribution in [0.5, 0.6) is 11.6 Å². The zero-order valence-electron chi connectivity index (χ0n) is 12.9. The average Bonchev–Trinajstić information content (AvgIpc) is 2.42. The number of pyridine rings is 1. The molecule has 21 heavy (non-hydrogen) atoms. The average molecular weight is 305 g/mol. The monoisotopic (exact) mass is 304 g/mol. The lowest BCUT2D eigenvalue weighted by atomic mass is 9.98. The Morgan fingerprint density at radius 2 is 2.05 bits per heavy atom. The first-order chi connectivity index (χ1) is 10.0. The Labute approximate surface area is 131 Å². The molecular weight excluding hydrogens is 284 g/mol. The predicted octanol–water partition coefficient (Wildman–Crippen LogP) is 4.68. The van der Waals surface area contributed by atoms with Crippen molar-refractivity contribution in [3.8, 4) is 11.6 Å². The van der Waals surface area contributed by atoms with Gasteiger partial charge in [0.15, 0.2) is 0 Å². The van der Waals surface area contributed by atoms with Crippen LogP contribution in [0.25, 0.3) is 0 Å². The fourth-order valence-electron chi connectivity index (χ4n) is 2.32. The maximum atomic E-state index is 6.10. The number of aromatic nitrogens is 1. The highest BCUT2D eigenvalue weighted by atomic mass is 35.5. The molecular formula is C17H21ClN2O. The minimum atomic E-state index is 0.509. The second-order valence-electron chi connectivity index (χ2n) is 5.42. The lowest BCUT2D eigenvalue weighted by Crippen LogP contribution is -2.06. The van der Waals surface area contributed by atoms with Gasteiger partial charge in [0.25, 0.3) is 0 Å². The number of ether oxygens (including phenoxy) is 1. The molecule has 4 heteroatoms. The quantitative estimate of drug-likeness (QED) is 0.871. The first kappa shape index (κ1) is 15.8. The van der Waals surface area contributed by atoms with Gasteiger partial charge in [-0.05, 0) is 48.7 Å². The number of benzene rings is 1. The molecule has 0 fully saturated rings. The molecule has 0 aliphatic rings. The van der Waals surface area contributed by atoms with Crippen molar-refractivity contribution in [2.75, 3.05) is 7.05 Å². The predicted molar refractivity (Wildman–Crippen MR) is 87.4 cm³/mol. The summed E-state index contributed by atoms with van der Waals surface area (Å²) in [5.74, 6) is 1.86. The molecule has 0 unspecified atom stereocenters. The fourth-order valence-corrected chi connectivity index (χ4v) is 2.49. The van der Waals surface area contributed by atoms with Gasteiger partial charge in [0.05, 0.1) is 5.02 Å². The van der Waals surface area contributed by atoms with Gasteiger partial charge in [0.2, 0.25) is 5.88 Å². The van der Waals surface area contributed by atoms with Crippen molar-refractivity contribution in [2.24, 2.45) is 0 Å². The van der Waals surface area contributed by atoms with E-state index in [1.807, 2.05) is 25.2 Å². The van der Waals surface area contributed by atoms with Gasteiger partial charge in [-0.3, -0.25) is 0 Å². The number of hydrogen-bond donors (Lipinski definition) is 1. The Kier molecular flexibility index (Phi) is 5.21. The third kappa shape index (κ3) is 3.96. The topological polar surface area (TPSA) is 34.1 Å². The van der Waals surface area contributed by atoms with Crippen molar-refractivity contribution in [1.29, 1.82) is 0 Å². The minimum absolute atomic E-state index is 0.509. The molecule has 0 aliphatic carbocycles. The molecule has 3 nitrogen and oxygen atoms in total. The van der Waals surface area contributed by atoms with E-state index < -0.39 is 0 Å². The molecule has 112 valence electrons. The van der Waals surface area contributed by atoms with Gasteiger partial charge in [-0.1, -0.05) is 31.5 Å². The summed E-state index contributed by atoms with van der Waals surface area (Å²) < 4.78 is 5.84. The largest absolute Gasteiger partial charge is 0.439 e. The van der Waals surface area contributed by atoms with Crippen molar-refractivity contribution in [2.45, 2.75) is 33.2 Å². The number of halogens is 1. The molecule has 0 atom stereocenters. The smallest absolute Gasteiger partial charge is 0.219 e. The van der Waals surface area contributed by atoms with Crippen molar-refractivity contribution in [3.05, 3.63) is 52.2 Å². The van der Waals surface area contributed by atoms with E-state index in [1.165, 1.54) is 11.1 Å². The van der Waals surface area contributed by atoms with E-state index in [9.17, 15) is 0 Å². The van der Waals surface area contributed by atoms with Crippen LogP contribution in [0.4, 0.5) is 0 Å². The van der Waals surface area contributed by atoms with Crippen LogP contribution in [-0.2, 0) is 6.54 Å². The maximum absolute atomic E-state index is 6.10. The van der Waals surface area contributed by atoms with E-state index in [-0.39, 0.29) is 0 Å². The second-order valence-corrected chi connectivity index (χ2v) is 5.83. The molecule has 1 N–H and O–H groups in total. The standard InChI is InChI=1S/C17H21ClN2O/c1-11(2)15-6-5-14(7-12(15)3)21-17-8-13(9-19-4)16(18)10-20-17/h5-8,10-11,19H,9H2,1-4H3. The lowest BCUT2D eigenvalue weighted by molar-refractivity contribution is 0.461. The summed E-state index contributed by atoms with van der Waals surface area (Å²) in [4.78, 5) is 4.22. The van der Waals surface area contributed by atoms with Crippen molar-refractivity contribution >= 4 is 11.6 Å². The lowest BCUT2D eigenvalue weighted by Gasteiger charge is -2.12. The normalized spacial score (nSPS) is 11.0. The first-order valence-electron chi connectivity index (χ1n) is 7.08. The molecule has 0 spiro atoms. The van der Waals surface area contributed by atoms with Crippen molar-refractivity contribution < 1.29 is 4.74 Å². The number of aryl methyl sites for hydroxylation is 1. The van der Waals surface area contributed by atoms with E-state index in [0.717, 1.165) is 11.3 Å². The highest BCUT2D eigenvalue weighted by molar-refractivity contribution is 6.31. The van der Waals surface area contributed by atoms with Crippen LogP contribution in [0.2, 0.25) is 5.02 Å². The van der Waals surface area contributed by atoms with Gasteiger partial charge in [-0.15, -0.1) is 0 Å². The summed E-state index contributed by atoms with van der Waals surface area (Å²) in [7, 11) is 1.88. The van der Waals surface area contributed by atoms with Crippen LogP contribution in [0.1, 0.15) is 36.5 Å². The fraction of sp³-hybridized carbons (Fsp3) is 0.353. The highest BCUT2D eigenvalue weighted by Gasteiger charge is 2.08. The van der Waals surface area contributed by atoms with Crippen LogP contribution in [0.15, 0.2) is 30.5 Å². The Morgan fingerprint density at radius 1 is 1.29 bits per heavy atom. The van der Waals surface area contributed by atoms with Crippen LogP contribution < -0.4 is 10.1 Å². The van der Waals surface area contributed by atoms with Crippen LogP contribution >= 0.6 is 11.6 Å². The van der Waals surface area contributed by atoms with Crippen LogP contribution in [0, 0.1) is 6.92 Å². The summed E-state index contributed by atoms with van der Waals surface area (Å²) in [6.07, 6.45) is 1.62. The number of nitrogens with one attached hydrogen (secondary N) is 1. The van der Waals surface area contributed by atoms with Crippen molar-refractivity contribution in [3.63, 3.8) is 0 Å². The molecule has 1 aromatic heterocycles. The van der Waals surface area contributed by atoms with Gasteiger partial charge in [-0.2, -0.15) is 0 Å². The molecule has 1 aromatic carbocycles. The Hall–Kier alpha value is -1.58. The number of nitrogens with zero attached hydrogens (tertiary/aromatic N) is 1. The second kappa shape index (κ2) is 6.92. The first-order valence-corrected chi connectivity index (χ1v) is 7.46. The molecule has 0 aliphatic heterocycles. The molecule has 1 heterocycles. The van der Waals surface area contributed by atoms with E-state index in [0.29, 0.717) is 23.4 Å². The van der Waals surface area contributed by atoms with Crippen molar-refractivity contribution in [1.82, 2.24) is 10.3 Å². The third-order valence-electron chi connectivity index (χ3n) is 3.36. The molecule has 0 radical (unpaired) electrons. The zero-order chi connectivity index (χ0) is 15.4. The number of hydrogen-bond acceptors (Lipinski definition) is 3. The highest BCUT2D eigenvalue weighted by Crippen LogP contribution is 2.27. The van der Waals surface area contributed by atoms with E-state index >= 15 is 0 Å². The van der Waals surface area contributed by atoms with Crippen LogP contribution in [-0.4, -0.2) is 12.0 Å². The van der Waals surface area contributed by atoms with Gasteiger partial charge in [0, 0.05) is 18.8 Å². The van der Waals surface area contributed by atoms with Gasteiger partial charge >= 0.3 is 0 Å². The Morgan fingerprint density at radius 3 is 2.67 bits per heavy atom. The molecule has 2 aromatic rings. The molecule has 2 rings (SSSR count). The van der Waals surface area contributed by atoms with Gasteiger partial charge in [0.1, 0.15) is 5.75 Å². The summed E-state index contributed by atoms with van der Waals surface area (Å²) in [5.41, 5.74) is 3.54. The molecule has 0 bridgehead atoms. The summed E-state index contributed by atoms with van der Waals surface area (Å²) in [6.45, 7) is 7.16. The molecule has 0 saturated carbocycles. The van der Waals surface area contributed by atoms with Crippen LogP contribution in [0.3, 0.4) is 0 Å². The van der Waals surface area contributed by atoms with Gasteiger partial charge < -0.3 is 10.1 Å². The Balaban J connectivity index is 2.22. The van der Waals surface area contributed by atoms with E-state index in [4.69, 9.17) is 16.3 Å². The van der Waals surface area contributed by atoms with E-state index in [2.05, 4.69) is 37.1 Å². The summed E-state index contributed by atoms with van der Waals surface area (Å²) in [5, 5.41) is 3.72. The maximum Gasteiger partial charge on any atom is 0.219 e. The SMILES string of the molecule is CNCc1cc(Oc2ccc(C(C)C)c(C)c2)ncc1Cl. The third-order valence-corrected chi connectivity index (χ3v) is 3.70. The number of rotatable bonds is 5.